The smallest absolute Gasteiger partial charge is 0.748 e. The molecule has 2 N–H and O–H groups in total. The number of unbranched alkanes of at least 4 members (excludes halogenated alkanes) is 4. The van der Waals surface area contributed by atoms with Crippen LogP contribution in [0.15, 0.2) is 53.4 Å². The van der Waals surface area contributed by atoms with E-state index < -0.39 is 27.2 Å². The van der Waals surface area contributed by atoms with Crippen LogP contribution < -0.4 is 0 Å². The third-order valence-corrected chi connectivity index (χ3v) is 7.12. The van der Waals surface area contributed by atoms with Crippen LogP contribution in [0.1, 0.15) is 44.6 Å². The molecular weight excluding hydrogens is 785 g/mol. The van der Waals surface area contributed by atoms with Gasteiger partial charge in [-0.3, -0.25) is 8.37 Å². The largest absolute Gasteiger partial charge is 2.00 e. The van der Waals surface area contributed by atoms with Crippen molar-refractivity contribution in [2.75, 3.05) is 6.61 Å². The van der Waals surface area contributed by atoms with Crippen LogP contribution in [0.3, 0.4) is 0 Å². The Balaban J connectivity index is -0.000000235. The van der Waals surface area contributed by atoms with E-state index in [-0.39, 0.29) is 89.7 Å². The standard InChI is InChI=1S/C7H8O3S2.C7H16O3S2.C6H6O5S2.Co.2Ni/c8-12(9,11)10-6-7-4-2-1-3-5-7;1-2-3-4-5-6-7-10-12(8,9)11;7-4-1-2-5(8)6(3-4)12-13(9,10)11;;;/h1-5H,6H2,(H,8,9,11);2-7H2,1H3,(H,8,9,11);1-3H,(H3-,7,8,9,10,11);;;/q;;;3*+2/p-3. The van der Waals surface area contributed by atoms with E-state index in [9.17, 15) is 30.8 Å². The van der Waals surface area contributed by atoms with E-state index in [1.54, 1.807) is 24.3 Å². The summed E-state index contributed by atoms with van der Waals surface area (Å²) in [7, 11) is -11.9. The molecule has 2 unspecified atom stereocenters. The molecule has 1 radical (unpaired) electrons. The third kappa shape index (κ3) is 31.3. The zero-order chi connectivity index (χ0) is 28.5. The minimum Gasteiger partial charge on any atom is -0.748 e. The Morgan fingerprint density at radius 2 is 1.35 bits per heavy atom. The molecule has 0 aromatic heterocycles. The SMILES string of the molecule is CCCCCCCOS(=O)([O-])=S.O=S([O-])(=S)OCc1ccccc1.O=S([O-])([O-])=[S+]c1cc(O)ccc1O.[Co+2].[Ni+2].[Ni+2]. The summed E-state index contributed by atoms with van der Waals surface area (Å²) in [5, 5.41) is 18.0. The van der Waals surface area contributed by atoms with Gasteiger partial charge in [0.15, 0.2) is 5.75 Å². The van der Waals surface area contributed by atoms with Gasteiger partial charge in [0.25, 0.3) is 15.2 Å². The first-order valence-corrected chi connectivity index (χ1v) is 17.8. The number of hydrogen-bond acceptors (Lipinski definition) is 13. The van der Waals surface area contributed by atoms with Crippen molar-refractivity contribution in [3.05, 3.63) is 54.1 Å². The van der Waals surface area contributed by atoms with E-state index >= 15 is 0 Å². The van der Waals surface area contributed by atoms with Crippen LogP contribution in [0, 0.1) is 0 Å². The Labute approximate surface area is 279 Å². The number of aromatic hydroxyl groups is 2. The molecule has 0 spiro atoms. The van der Waals surface area contributed by atoms with Crippen LogP contribution in [0.2, 0.25) is 0 Å². The van der Waals surface area contributed by atoms with Gasteiger partial charge in [-0.05, 0) is 46.5 Å². The van der Waals surface area contributed by atoms with Crippen molar-refractivity contribution < 1.29 is 99.2 Å². The topological polar surface area (TPSA) is 202 Å². The molecular formula is C20H27CoNi2O11S6+3. The fraction of sp³-hybridized carbons (Fsp3) is 0.400. The Kier molecular flexibility index (Phi) is 29.4. The molecule has 0 aliphatic carbocycles. The minimum absolute atomic E-state index is 0. The van der Waals surface area contributed by atoms with Gasteiger partial charge in [-0.25, -0.2) is 12.6 Å². The first kappa shape index (κ1) is 47.3. The number of phenols is 2. The average Bonchev–Trinajstić information content (AvgIpc) is 2.77. The molecule has 0 amide bonds. The summed E-state index contributed by atoms with van der Waals surface area (Å²) in [6, 6.07) is 12.2. The maximum absolute atomic E-state index is 10.4. The van der Waals surface area contributed by atoms with Gasteiger partial charge in [-0.2, -0.15) is 0 Å². The Bertz CT molecular complexity index is 1270. The first-order valence-electron chi connectivity index (χ1n) is 10.4. The van der Waals surface area contributed by atoms with Gasteiger partial charge in [0.2, 0.25) is 0 Å². The second-order valence-electron chi connectivity index (χ2n) is 6.94. The van der Waals surface area contributed by atoms with Crippen molar-refractivity contribution in [3.8, 4) is 11.5 Å². The van der Waals surface area contributed by atoms with Crippen molar-refractivity contribution >= 4 is 59.9 Å². The van der Waals surface area contributed by atoms with Crippen molar-refractivity contribution in [3.63, 3.8) is 0 Å². The van der Waals surface area contributed by atoms with Crippen molar-refractivity contribution in [1.82, 2.24) is 0 Å². The zero-order valence-electron chi connectivity index (χ0n) is 20.6. The van der Waals surface area contributed by atoms with Gasteiger partial charge in [-0.15, -0.1) is 0 Å². The maximum Gasteiger partial charge on any atom is 2.00 e. The molecule has 2 aromatic carbocycles. The summed E-state index contributed by atoms with van der Waals surface area (Å²) < 4.78 is 81.1. The molecule has 2 atom stereocenters. The molecule has 2 rings (SSSR count). The summed E-state index contributed by atoms with van der Waals surface area (Å²) in [6.45, 7) is 2.37. The van der Waals surface area contributed by atoms with Gasteiger partial charge in [0.1, 0.15) is 5.75 Å². The Hall–Kier alpha value is 0.404. The summed E-state index contributed by atoms with van der Waals surface area (Å²) in [5.41, 5.74) is 0.783. The minimum atomic E-state index is -4.52. The van der Waals surface area contributed by atoms with Crippen molar-refractivity contribution in [2.45, 2.75) is 50.5 Å². The Morgan fingerprint density at radius 3 is 1.82 bits per heavy atom. The van der Waals surface area contributed by atoms with E-state index in [2.05, 4.69) is 37.7 Å². The number of rotatable bonds is 11. The van der Waals surface area contributed by atoms with E-state index in [1.807, 2.05) is 6.07 Å². The maximum atomic E-state index is 10.4. The molecule has 0 aliphatic rings. The normalized spacial score (nSPS) is 13.0. The molecule has 235 valence electrons. The fourth-order valence-electron chi connectivity index (χ4n) is 2.26. The first-order chi connectivity index (χ1) is 17.0. The molecule has 0 heterocycles. The van der Waals surface area contributed by atoms with Crippen molar-refractivity contribution in [1.29, 1.82) is 0 Å². The monoisotopic (exact) mass is 810 g/mol. The second-order valence-corrected chi connectivity index (χ2v) is 14.6. The molecule has 0 saturated heterocycles. The van der Waals surface area contributed by atoms with E-state index in [0.717, 1.165) is 37.0 Å². The number of hydrogen-bond donors (Lipinski definition) is 2. The van der Waals surface area contributed by atoms with Gasteiger partial charge in [-0.1, -0.05) is 62.9 Å². The van der Waals surface area contributed by atoms with Gasteiger partial charge in [0.05, 0.1) is 46.4 Å². The van der Waals surface area contributed by atoms with E-state index in [0.29, 0.717) is 0 Å². The van der Waals surface area contributed by atoms with Gasteiger partial charge >= 0.3 is 49.8 Å². The van der Waals surface area contributed by atoms with Crippen LogP contribution in [0.5, 0.6) is 11.5 Å². The fourth-order valence-corrected chi connectivity index (χ4v) is 4.81. The summed E-state index contributed by atoms with van der Waals surface area (Å²) in [5.74, 6) is -0.578. The Morgan fingerprint density at radius 1 is 0.825 bits per heavy atom. The number of phenolic OH excluding ortho intramolecular Hbond substituents is 2. The van der Waals surface area contributed by atoms with Gasteiger partial charge < -0.3 is 28.4 Å². The van der Waals surface area contributed by atoms with Gasteiger partial charge in [0, 0.05) is 0 Å². The molecule has 40 heavy (non-hydrogen) atoms. The molecule has 0 aliphatic heterocycles. The average molecular weight is 812 g/mol. The summed E-state index contributed by atoms with van der Waals surface area (Å²) in [6.07, 6.45) is 5.30. The van der Waals surface area contributed by atoms with Crippen LogP contribution >= 0.6 is 0 Å². The van der Waals surface area contributed by atoms with Crippen LogP contribution in [0.25, 0.3) is 0 Å². The number of benzene rings is 2. The molecule has 0 bridgehead atoms. The molecule has 2 aromatic rings. The zero-order valence-corrected chi connectivity index (χ0v) is 28.5. The van der Waals surface area contributed by atoms with E-state index in [4.69, 9.17) is 10.2 Å². The quantitative estimate of drug-likeness (QED) is 0.145. The molecule has 0 saturated carbocycles. The predicted octanol–water partition coefficient (Wildman–Crippen LogP) is 2.75. The molecule has 20 heteroatoms. The molecule has 0 fully saturated rings. The molecule has 11 nitrogen and oxygen atoms in total. The summed E-state index contributed by atoms with van der Waals surface area (Å²) >= 11 is 8.07. The third-order valence-electron chi connectivity index (χ3n) is 3.82. The summed E-state index contributed by atoms with van der Waals surface area (Å²) in [4.78, 5) is -0.185. The predicted molar refractivity (Wildman–Crippen MR) is 144 cm³/mol. The second kappa shape index (κ2) is 24.8. The van der Waals surface area contributed by atoms with Crippen LogP contribution in [-0.4, -0.2) is 47.7 Å². The van der Waals surface area contributed by atoms with Crippen LogP contribution in [-0.2, 0) is 125 Å². The van der Waals surface area contributed by atoms with E-state index in [1.165, 1.54) is 18.9 Å². The van der Waals surface area contributed by atoms with Crippen molar-refractivity contribution in [2.24, 2.45) is 0 Å². The van der Waals surface area contributed by atoms with Crippen LogP contribution in [0.4, 0.5) is 0 Å².